The molecule has 0 radical (unpaired) electrons. The van der Waals surface area contributed by atoms with Gasteiger partial charge in [0.1, 0.15) is 5.75 Å². The van der Waals surface area contributed by atoms with Gasteiger partial charge in [0.2, 0.25) is 0 Å². The lowest BCUT2D eigenvalue weighted by atomic mass is 9.80. The summed E-state index contributed by atoms with van der Waals surface area (Å²) in [4.78, 5) is 0. The van der Waals surface area contributed by atoms with Crippen LogP contribution in [0.4, 0.5) is 0 Å². The maximum absolute atomic E-state index is 6.24. The van der Waals surface area contributed by atoms with Crippen LogP contribution < -0.4 is 4.74 Å². The molecule has 3 aliphatic rings. The van der Waals surface area contributed by atoms with Gasteiger partial charge in [0.25, 0.3) is 0 Å². The van der Waals surface area contributed by atoms with Crippen molar-refractivity contribution in [2.75, 3.05) is 6.61 Å². The van der Waals surface area contributed by atoms with Crippen LogP contribution in [0, 0.1) is 0 Å². The van der Waals surface area contributed by atoms with Crippen LogP contribution in [0.2, 0.25) is 0 Å². The molecule has 0 amide bonds. The summed E-state index contributed by atoms with van der Waals surface area (Å²) in [7, 11) is 0. The number of benzene rings is 7. The normalized spacial score (nSPS) is 17.8. The molecule has 10 rings (SSSR count). The molecule has 0 N–H and O–H groups in total. The molecular weight excluding hydrogens is 496 g/mol. The summed E-state index contributed by atoms with van der Waals surface area (Å²) in [5, 5.41) is 8.28. The molecule has 192 valence electrons. The van der Waals surface area contributed by atoms with E-state index in [1.807, 2.05) is 0 Å². The summed E-state index contributed by atoms with van der Waals surface area (Å²) >= 11 is 0. The van der Waals surface area contributed by atoms with Crippen LogP contribution >= 0.6 is 0 Å². The maximum Gasteiger partial charge on any atom is 0.123 e. The van der Waals surface area contributed by atoms with Crippen molar-refractivity contribution in [1.82, 2.24) is 0 Å². The van der Waals surface area contributed by atoms with Gasteiger partial charge in [0, 0.05) is 17.4 Å². The molecule has 0 saturated carbocycles. The highest BCUT2D eigenvalue weighted by Crippen LogP contribution is 2.61. The van der Waals surface area contributed by atoms with Crippen molar-refractivity contribution in [3.8, 4) is 28.0 Å². The van der Waals surface area contributed by atoms with Gasteiger partial charge >= 0.3 is 0 Å². The first-order chi connectivity index (χ1) is 20.4. The molecule has 7 aromatic carbocycles. The van der Waals surface area contributed by atoms with Crippen molar-refractivity contribution in [3.05, 3.63) is 149 Å². The summed E-state index contributed by atoms with van der Waals surface area (Å²) in [5.74, 6) is 1.63. The van der Waals surface area contributed by atoms with Gasteiger partial charge in [-0.3, -0.25) is 0 Å². The maximum atomic E-state index is 6.24. The molecule has 41 heavy (non-hydrogen) atoms. The van der Waals surface area contributed by atoms with E-state index in [4.69, 9.17) is 4.74 Å². The van der Waals surface area contributed by atoms with Crippen molar-refractivity contribution in [2.24, 2.45) is 0 Å². The summed E-state index contributed by atoms with van der Waals surface area (Å²) < 4.78 is 6.24. The molecule has 0 fully saturated rings. The van der Waals surface area contributed by atoms with E-state index in [9.17, 15) is 0 Å². The molecule has 0 bridgehead atoms. The van der Waals surface area contributed by atoms with Gasteiger partial charge in [0.05, 0.1) is 6.61 Å². The Morgan fingerprint density at radius 1 is 0.488 bits per heavy atom. The van der Waals surface area contributed by atoms with Crippen LogP contribution in [0.15, 0.2) is 121 Å². The molecule has 1 heterocycles. The Kier molecular flexibility index (Phi) is 4.20. The van der Waals surface area contributed by atoms with Crippen LogP contribution in [-0.4, -0.2) is 6.61 Å². The topological polar surface area (TPSA) is 9.23 Å². The van der Waals surface area contributed by atoms with E-state index in [0.29, 0.717) is 5.92 Å². The Labute approximate surface area is 238 Å². The smallest absolute Gasteiger partial charge is 0.123 e. The van der Waals surface area contributed by atoms with Crippen LogP contribution in [0.25, 0.3) is 54.6 Å². The Hall–Kier alpha value is -4.88. The monoisotopic (exact) mass is 522 g/mol. The molecule has 0 saturated heterocycles. The molecule has 2 atom stereocenters. The Morgan fingerprint density at radius 2 is 1.10 bits per heavy atom. The van der Waals surface area contributed by atoms with Crippen LogP contribution in [0.3, 0.4) is 0 Å². The summed E-state index contributed by atoms with van der Waals surface area (Å²) in [6.07, 6.45) is 1.02. The lowest BCUT2D eigenvalue weighted by molar-refractivity contribution is 0.279. The van der Waals surface area contributed by atoms with Gasteiger partial charge in [-0.15, -0.1) is 0 Å². The first-order valence-corrected chi connectivity index (χ1v) is 14.7. The van der Waals surface area contributed by atoms with E-state index in [-0.39, 0.29) is 5.92 Å². The largest absolute Gasteiger partial charge is 0.493 e. The third-order valence-electron chi connectivity index (χ3n) is 9.92. The lowest BCUT2D eigenvalue weighted by Crippen LogP contribution is -2.12. The molecule has 1 aliphatic heterocycles. The minimum atomic E-state index is 0.200. The number of hydrogen-bond donors (Lipinski definition) is 0. The highest BCUT2D eigenvalue weighted by atomic mass is 16.5. The van der Waals surface area contributed by atoms with Gasteiger partial charge in [-0.25, -0.2) is 0 Å². The van der Waals surface area contributed by atoms with Crippen molar-refractivity contribution in [1.29, 1.82) is 0 Å². The summed E-state index contributed by atoms with van der Waals surface area (Å²) in [5.41, 5.74) is 12.6. The minimum absolute atomic E-state index is 0.200. The Morgan fingerprint density at radius 3 is 1.88 bits per heavy atom. The molecule has 7 aromatic rings. The van der Waals surface area contributed by atoms with Crippen LogP contribution in [0.5, 0.6) is 5.75 Å². The predicted molar refractivity (Wildman–Crippen MR) is 169 cm³/mol. The van der Waals surface area contributed by atoms with Crippen LogP contribution in [-0.2, 0) is 0 Å². The fourth-order valence-corrected chi connectivity index (χ4v) is 8.51. The van der Waals surface area contributed by atoms with E-state index in [1.165, 1.54) is 82.4 Å². The molecule has 0 unspecified atom stereocenters. The van der Waals surface area contributed by atoms with Gasteiger partial charge in [-0.2, -0.15) is 0 Å². The third kappa shape index (κ3) is 2.67. The molecule has 1 heteroatoms. The Bertz CT molecular complexity index is 2240. The van der Waals surface area contributed by atoms with Crippen molar-refractivity contribution in [3.63, 3.8) is 0 Å². The molecule has 1 nitrogen and oxygen atoms in total. The zero-order chi connectivity index (χ0) is 26.7. The zero-order valence-electron chi connectivity index (χ0n) is 22.5. The van der Waals surface area contributed by atoms with Crippen molar-refractivity contribution in [2.45, 2.75) is 18.3 Å². The SMILES string of the molecule is c1ccc([C@@H]2c3ccccc3-c3c2c2ccccc2c2c4c(c5ccccc5c32)[C@@H]2CCOc3cccc-4c32)cc1. The van der Waals surface area contributed by atoms with Crippen molar-refractivity contribution < 1.29 is 4.74 Å². The van der Waals surface area contributed by atoms with E-state index in [0.717, 1.165) is 18.8 Å². The van der Waals surface area contributed by atoms with E-state index >= 15 is 0 Å². The second-order valence-electron chi connectivity index (χ2n) is 11.8. The number of ether oxygens (including phenoxy) is 1. The van der Waals surface area contributed by atoms with Gasteiger partial charge in [-0.1, -0.05) is 115 Å². The molecule has 0 spiro atoms. The molecular formula is C40H26O. The second kappa shape index (κ2) is 7.86. The quantitative estimate of drug-likeness (QED) is 0.195. The standard InChI is InChI=1S/C40H26O/c1-2-11-23(12-3-1)33-24-13-4-6-15-26(24)37-36(33)28-17-8-9-18-29(28)39-38(37)27-16-7-5-14-25(27)35-31-21-22-41-32-20-10-19-30(34(31)32)40(35)39/h1-20,31,33H,21-22H2/t31-,33-/m1/s1. The fraction of sp³-hybridized carbons (Fsp3) is 0.100. The molecule has 2 aliphatic carbocycles. The van der Waals surface area contributed by atoms with E-state index < -0.39 is 0 Å². The fourth-order valence-electron chi connectivity index (χ4n) is 8.51. The van der Waals surface area contributed by atoms with Crippen molar-refractivity contribution >= 4 is 32.3 Å². The average molecular weight is 523 g/mol. The number of rotatable bonds is 1. The van der Waals surface area contributed by atoms with Gasteiger partial charge in [-0.05, 0) is 89.3 Å². The highest BCUT2D eigenvalue weighted by molar-refractivity contribution is 6.31. The van der Waals surface area contributed by atoms with Gasteiger partial charge in [0.15, 0.2) is 0 Å². The van der Waals surface area contributed by atoms with Crippen LogP contribution in [0.1, 0.15) is 46.1 Å². The number of hydrogen-bond acceptors (Lipinski definition) is 1. The zero-order valence-corrected chi connectivity index (χ0v) is 22.5. The predicted octanol–water partition coefficient (Wildman–Crippen LogP) is 10.2. The highest BCUT2D eigenvalue weighted by Gasteiger charge is 2.40. The van der Waals surface area contributed by atoms with Gasteiger partial charge < -0.3 is 4.74 Å². The first-order valence-electron chi connectivity index (χ1n) is 14.7. The molecule has 0 aromatic heterocycles. The van der Waals surface area contributed by atoms with E-state index in [1.54, 1.807) is 0 Å². The second-order valence-corrected chi connectivity index (χ2v) is 11.8. The Balaban J connectivity index is 1.50. The average Bonchev–Trinajstić information content (AvgIpc) is 3.57. The summed E-state index contributed by atoms with van der Waals surface area (Å²) in [6.45, 7) is 0.768. The number of fused-ring (bicyclic) bond motifs is 15. The first kappa shape index (κ1) is 21.9. The third-order valence-corrected chi connectivity index (χ3v) is 9.92. The summed E-state index contributed by atoms with van der Waals surface area (Å²) in [6, 6.07) is 45.2. The lowest BCUT2D eigenvalue weighted by Gasteiger charge is -2.24. The van der Waals surface area contributed by atoms with E-state index in [2.05, 4.69) is 121 Å². The minimum Gasteiger partial charge on any atom is -0.493 e.